The van der Waals surface area contributed by atoms with Gasteiger partial charge in [0.15, 0.2) is 25.0 Å². The van der Waals surface area contributed by atoms with E-state index in [0.717, 1.165) is 49.2 Å². The predicted molar refractivity (Wildman–Crippen MR) is 257 cm³/mol. The third-order valence-electron chi connectivity index (χ3n) is 13.9. The van der Waals surface area contributed by atoms with Crippen molar-refractivity contribution in [3.63, 3.8) is 0 Å². The van der Waals surface area contributed by atoms with E-state index in [1.807, 2.05) is 0 Å². The van der Waals surface area contributed by atoms with E-state index >= 15 is 4.79 Å². The van der Waals surface area contributed by atoms with Crippen LogP contribution in [0.4, 0.5) is 0 Å². The largest absolute Gasteiger partial charge is 0.413 e. The van der Waals surface area contributed by atoms with E-state index in [1.54, 1.807) is 11.3 Å². The molecule has 1 rings (SSSR count). The fourth-order valence-electron chi connectivity index (χ4n) is 6.63. The van der Waals surface area contributed by atoms with Crippen molar-refractivity contribution < 1.29 is 23.2 Å². The lowest BCUT2D eigenvalue weighted by Gasteiger charge is -2.47. The zero-order valence-corrected chi connectivity index (χ0v) is 45.0. The van der Waals surface area contributed by atoms with Gasteiger partial charge in [-0.15, -0.1) is 11.3 Å². The summed E-state index contributed by atoms with van der Waals surface area (Å²) in [5.74, 6) is 0.166. The first kappa shape index (κ1) is 54.3. The number of thiazole rings is 1. The molecule has 1 aromatic heterocycles. The van der Waals surface area contributed by atoms with Gasteiger partial charge in [-0.2, -0.15) is 0 Å². The van der Waals surface area contributed by atoms with Gasteiger partial charge in [-0.1, -0.05) is 108 Å². The summed E-state index contributed by atoms with van der Waals surface area (Å²) in [5, 5.41) is 13.6. The number of carbonyl (C=O) groups is 1. The van der Waals surface area contributed by atoms with E-state index in [2.05, 4.69) is 168 Å². The number of Topliss-reactive ketones (excluding diaryl/α,β-unsaturated/α-hetero) is 1. The fraction of sp³-hybridized carbons (Fsp3) is 0.830. The molecule has 57 heavy (non-hydrogen) atoms. The van der Waals surface area contributed by atoms with Gasteiger partial charge in [-0.05, 0) is 131 Å². The van der Waals surface area contributed by atoms with E-state index in [4.69, 9.17) is 18.3 Å². The summed E-state index contributed by atoms with van der Waals surface area (Å²) in [4.78, 5) is 19.8. The van der Waals surface area contributed by atoms with Crippen molar-refractivity contribution in [2.75, 3.05) is 6.61 Å². The van der Waals surface area contributed by atoms with E-state index in [0.29, 0.717) is 6.42 Å². The second kappa shape index (κ2) is 21.4. The molecule has 0 aromatic carbocycles. The number of nitrogens with zero attached hydrogens (tertiary/aromatic N) is 1. The molecular weight excluding hydrogens is 775 g/mol. The second-order valence-corrected chi connectivity index (χ2v) is 37.7. The maximum Gasteiger partial charge on any atom is 0.192 e. The molecule has 0 fully saturated rings. The van der Waals surface area contributed by atoms with Crippen LogP contribution >= 0.6 is 11.3 Å². The number of aliphatic hydroxyl groups excluding tert-OH is 1. The van der Waals surface area contributed by atoms with Gasteiger partial charge < -0.3 is 18.4 Å². The lowest BCUT2D eigenvalue weighted by molar-refractivity contribution is -0.142. The van der Waals surface area contributed by atoms with Crippen molar-refractivity contribution >= 4 is 48.1 Å². The molecule has 5 atom stereocenters. The summed E-state index contributed by atoms with van der Waals surface area (Å²) in [6.07, 6.45) is 10.0. The van der Waals surface area contributed by atoms with Gasteiger partial charge in [0.05, 0.1) is 29.0 Å². The molecule has 0 radical (unpaired) electrons. The lowest BCUT2D eigenvalue weighted by Crippen LogP contribution is -2.54. The summed E-state index contributed by atoms with van der Waals surface area (Å²) in [7, 11) is -6.47. The minimum atomic E-state index is -2.24. The van der Waals surface area contributed by atoms with Crippen LogP contribution in [0.3, 0.4) is 0 Å². The maximum absolute atomic E-state index is 15.1. The molecule has 1 N–H and O–H groups in total. The van der Waals surface area contributed by atoms with Gasteiger partial charge >= 0.3 is 0 Å². The molecule has 0 bridgehead atoms. The minimum absolute atomic E-state index is 0.00332. The van der Waals surface area contributed by atoms with Gasteiger partial charge in [0.1, 0.15) is 5.78 Å². The molecule has 1 heterocycles. The Morgan fingerprint density at radius 3 is 1.79 bits per heavy atom. The van der Waals surface area contributed by atoms with E-state index in [1.165, 1.54) is 11.1 Å². The highest BCUT2D eigenvalue weighted by molar-refractivity contribution is 7.09. The van der Waals surface area contributed by atoms with Crippen LogP contribution in [-0.4, -0.2) is 65.7 Å². The predicted octanol–water partition coefficient (Wildman–Crippen LogP) is 14.6. The van der Waals surface area contributed by atoms with Crippen molar-refractivity contribution in [2.45, 2.75) is 228 Å². The van der Waals surface area contributed by atoms with E-state index in [-0.39, 0.29) is 57.7 Å². The van der Waals surface area contributed by atoms with Gasteiger partial charge in [-0.3, -0.25) is 4.79 Å². The van der Waals surface area contributed by atoms with Gasteiger partial charge in [-0.25, -0.2) is 4.98 Å². The molecule has 6 nitrogen and oxygen atoms in total. The molecule has 0 saturated heterocycles. The third kappa shape index (κ3) is 15.9. The third-order valence-corrected chi connectivity index (χ3v) is 28.1. The summed E-state index contributed by atoms with van der Waals surface area (Å²) in [6.45, 7) is 49.4. The number of aliphatic hydroxyl groups is 1. The Bertz CT molecular complexity index is 1460. The van der Waals surface area contributed by atoms with Gasteiger partial charge in [0.2, 0.25) is 0 Å². The summed E-state index contributed by atoms with van der Waals surface area (Å²) in [5.41, 5.74) is 2.83. The molecular formula is C47H91NO5SSi3. The molecule has 0 aliphatic heterocycles. The first-order valence-electron chi connectivity index (χ1n) is 22.1. The summed E-state index contributed by atoms with van der Waals surface area (Å²) < 4.78 is 21.4. The number of aromatic nitrogens is 1. The highest BCUT2D eigenvalue weighted by Crippen LogP contribution is 2.45. The molecule has 0 aliphatic rings. The Morgan fingerprint density at radius 2 is 1.33 bits per heavy atom. The molecule has 10 heteroatoms. The normalized spacial score (nSPS) is 17.4. The molecule has 0 amide bonds. The first-order valence-corrected chi connectivity index (χ1v) is 31.7. The van der Waals surface area contributed by atoms with Crippen molar-refractivity contribution in [1.82, 2.24) is 4.98 Å². The van der Waals surface area contributed by atoms with Crippen LogP contribution in [0.15, 0.2) is 22.6 Å². The standard InChI is InChI=1S/C47H91NO5SSi3/c1-23-25-39(43(50)47(15,16)41(30-31-49)52-56(19,20)45(9,10)11)42(53-57(21,22)46(12,13)14)35(3)27-24-26-34(2)28-29-40(51-55(17,18)44(6,7)8)36(4)32-38-33-54-37(5)48-38/h28,32-33,35,39-42,49H,23-27,29-31H2,1-22H3/b34-28?,36-32+/t35-,39+,40-,41-,42-/m0/s1. The summed E-state index contributed by atoms with van der Waals surface area (Å²) >= 11 is 1.68. The van der Waals surface area contributed by atoms with Crippen LogP contribution in [0, 0.1) is 24.2 Å². The number of allylic oxidation sites excluding steroid dienone is 1. The van der Waals surface area contributed by atoms with Crippen LogP contribution in [0.5, 0.6) is 0 Å². The number of carbonyl (C=O) groups excluding carboxylic acids is 1. The van der Waals surface area contributed by atoms with Gasteiger partial charge in [0, 0.05) is 23.3 Å². The molecule has 0 saturated carbocycles. The lowest BCUT2D eigenvalue weighted by atomic mass is 9.71. The monoisotopic (exact) mass is 866 g/mol. The Hall–Kier alpha value is -0.729. The van der Waals surface area contributed by atoms with Crippen LogP contribution in [0.2, 0.25) is 54.4 Å². The van der Waals surface area contributed by atoms with Crippen molar-refractivity contribution in [1.29, 1.82) is 0 Å². The Labute approximate surface area is 360 Å². The summed E-state index contributed by atoms with van der Waals surface area (Å²) in [6, 6.07) is 0. The molecule has 0 spiro atoms. The van der Waals surface area contributed by atoms with Crippen molar-refractivity contribution in [3.05, 3.63) is 33.3 Å². The van der Waals surface area contributed by atoms with Crippen LogP contribution < -0.4 is 0 Å². The first-order chi connectivity index (χ1) is 25.6. The number of aryl methyl sites for hydroxylation is 1. The number of hydrogen-bond donors (Lipinski definition) is 1. The average molecular weight is 867 g/mol. The molecule has 0 aliphatic carbocycles. The molecule has 0 unspecified atom stereocenters. The Balaban J connectivity index is 3.46. The molecule has 332 valence electrons. The Morgan fingerprint density at radius 1 is 0.825 bits per heavy atom. The van der Waals surface area contributed by atoms with Crippen molar-refractivity contribution in [2.24, 2.45) is 17.3 Å². The smallest absolute Gasteiger partial charge is 0.192 e. The highest BCUT2D eigenvalue weighted by Gasteiger charge is 2.50. The van der Waals surface area contributed by atoms with E-state index in [9.17, 15) is 5.11 Å². The maximum atomic E-state index is 15.1. The topological polar surface area (TPSA) is 77.9 Å². The number of rotatable bonds is 23. The SMILES string of the molecule is CCC[C@@H](C(=O)C(C)(C)[C@H](CCO)O[Si](C)(C)C(C)(C)C)[C@@H](O[Si](C)(C)C(C)(C)C)[C@@H](C)CCCC(C)=CC[C@H](O[Si](C)(C)C(C)(C)C)/C(C)=C/c1csc(C)n1. The van der Waals surface area contributed by atoms with Crippen LogP contribution in [-0.2, 0) is 18.1 Å². The second-order valence-electron chi connectivity index (χ2n) is 22.4. The van der Waals surface area contributed by atoms with Gasteiger partial charge in [0.25, 0.3) is 0 Å². The molecule has 1 aromatic rings. The highest BCUT2D eigenvalue weighted by atomic mass is 32.1. The average Bonchev–Trinajstić information content (AvgIpc) is 3.46. The minimum Gasteiger partial charge on any atom is -0.413 e. The van der Waals surface area contributed by atoms with Crippen molar-refractivity contribution in [3.8, 4) is 0 Å². The van der Waals surface area contributed by atoms with Crippen LogP contribution in [0.25, 0.3) is 6.08 Å². The quantitative estimate of drug-likeness (QED) is 0.0872. The van der Waals surface area contributed by atoms with Crippen LogP contribution in [0.1, 0.15) is 160 Å². The number of hydrogen-bond acceptors (Lipinski definition) is 7. The Kier molecular flexibility index (Phi) is 20.4. The zero-order valence-electron chi connectivity index (χ0n) is 41.2. The zero-order chi connectivity index (χ0) is 44.6. The van der Waals surface area contributed by atoms with E-state index < -0.39 is 30.4 Å². The fourth-order valence-corrected chi connectivity index (χ4v) is 11.5. The number of ketones is 1.